The highest BCUT2D eigenvalue weighted by Crippen LogP contribution is 2.54. The molecule has 2 fully saturated rings. The number of fused-ring (bicyclic) bond motifs is 1. The van der Waals surface area contributed by atoms with Gasteiger partial charge < -0.3 is 14.1 Å². The van der Waals surface area contributed by atoms with Gasteiger partial charge in [0.15, 0.2) is 0 Å². The Morgan fingerprint density at radius 1 is 1.32 bits per heavy atom. The largest absolute Gasteiger partial charge is 0.456 e. The van der Waals surface area contributed by atoms with Crippen LogP contribution in [0.1, 0.15) is 38.3 Å². The van der Waals surface area contributed by atoms with E-state index < -0.39 is 27.0 Å². The van der Waals surface area contributed by atoms with Crippen molar-refractivity contribution >= 4 is 32.4 Å². The molecule has 0 amide bonds. The maximum Gasteiger partial charge on any atom is 0.456 e. The summed E-state index contributed by atoms with van der Waals surface area (Å²) in [5, 5.41) is 9.37. The Hall–Kier alpha value is -1.76. The lowest BCUT2D eigenvalue weighted by molar-refractivity contribution is -0.335. The van der Waals surface area contributed by atoms with Crippen LogP contribution in [0.5, 0.6) is 0 Å². The second kappa shape index (κ2) is 7.98. The van der Waals surface area contributed by atoms with Crippen LogP contribution in [0.4, 0.5) is 18.9 Å². The highest BCUT2D eigenvalue weighted by atomic mass is 35.5. The lowest BCUT2D eigenvalue weighted by Crippen LogP contribution is -2.61. The zero-order chi connectivity index (χ0) is 23.4. The van der Waals surface area contributed by atoms with Gasteiger partial charge in [-0.3, -0.25) is 0 Å². The van der Waals surface area contributed by atoms with Crippen molar-refractivity contribution < 1.29 is 22.3 Å². The Morgan fingerprint density at radius 2 is 1.97 bits per heavy atom. The van der Waals surface area contributed by atoms with E-state index in [2.05, 4.69) is 4.99 Å². The van der Waals surface area contributed by atoms with Crippen LogP contribution in [0.2, 0.25) is 18.1 Å². The Balaban J connectivity index is 2.17. The third kappa shape index (κ3) is 4.05. The van der Waals surface area contributed by atoms with Crippen molar-refractivity contribution in [2.24, 2.45) is 16.3 Å². The number of ether oxygens (including phenoxy) is 1. The second-order valence-corrected chi connectivity index (χ2v) is 11.7. The Kier molecular flexibility index (Phi) is 6.15. The maximum absolute atomic E-state index is 14.6. The molecule has 1 aromatic rings. The van der Waals surface area contributed by atoms with Crippen LogP contribution >= 0.6 is 11.6 Å². The summed E-state index contributed by atoms with van der Waals surface area (Å²) in [7, 11) is -1.77. The molecule has 5 nitrogen and oxygen atoms in total. The highest BCUT2D eigenvalue weighted by molar-refractivity contribution is 6.48. The number of nitriles is 1. The fourth-order valence-electron chi connectivity index (χ4n) is 4.38. The van der Waals surface area contributed by atoms with Crippen LogP contribution < -0.4 is 0 Å². The number of amidine groups is 1. The van der Waals surface area contributed by atoms with E-state index in [9.17, 15) is 13.2 Å². The molecule has 0 spiro atoms. The van der Waals surface area contributed by atoms with Crippen molar-refractivity contribution in [3.8, 4) is 6.07 Å². The SMILES string of the molecule is Cc1c(N=C2O[C@](O[Si](C)C)(C(F)(F)F)[C@@H]3[C@@H](C(C)(C)C)CCN23)ccc(C#N)c1Cl. The minimum Gasteiger partial charge on any atom is -0.421 e. The summed E-state index contributed by atoms with van der Waals surface area (Å²) >= 11 is 6.23. The number of hydrogen-bond acceptors (Lipinski definition) is 4. The summed E-state index contributed by atoms with van der Waals surface area (Å²) in [4.78, 5) is 6.01. The molecule has 2 aliphatic heterocycles. The van der Waals surface area contributed by atoms with Gasteiger partial charge in [0.1, 0.15) is 12.1 Å². The average Bonchev–Trinajstić information content (AvgIpc) is 3.19. The van der Waals surface area contributed by atoms with Gasteiger partial charge in [-0.05, 0) is 55.5 Å². The molecule has 3 rings (SSSR count). The molecule has 2 saturated heterocycles. The predicted octanol–water partition coefficient (Wildman–Crippen LogP) is 5.80. The number of rotatable bonds is 3. The van der Waals surface area contributed by atoms with E-state index >= 15 is 0 Å². The molecule has 169 valence electrons. The molecule has 0 N–H and O–H groups in total. The molecular formula is C21H26ClF3N3O2Si. The smallest absolute Gasteiger partial charge is 0.421 e. The molecule has 2 heterocycles. The third-order valence-electron chi connectivity index (χ3n) is 5.83. The van der Waals surface area contributed by atoms with E-state index in [1.165, 1.54) is 6.07 Å². The number of aliphatic imine (C=N–C) groups is 1. The maximum atomic E-state index is 14.6. The molecule has 3 atom stereocenters. The lowest BCUT2D eigenvalue weighted by atomic mass is 9.74. The van der Waals surface area contributed by atoms with Crippen LogP contribution in [0.25, 0.3) is 0 Å². The van der Waals surface area contributed by atoms with Gasteiger partial charge in [-0.1, -0.05) is 32.4 Å². The zero-order valence-electron chi connectivity index (χ0n) is 18.4. The Labute approximate surface area is 187 Å². The third-order valence-corrected chi connectivity index (χ3v) is 7.03. The fraction of sp³-hybridized carbons (Fsp3) is 0.619. The first-order valence-electron chi connectivity index (χ1n) is 10.0. The van der Waals surface area contributed by atoms with E-state index in [1.54, 1.807) is 31.0 Å². The van der Waals surface area contributed by atoms with Crippen molar-refractivity contribution in [1.29, 1.82) is 5.26 Å². The van der Waals surface area contributed by atoms with Gasteiger partial charge >= 0.3 is 12.0 Å². The number of alkyl halides is 3. The second-order valence-electron chi connectivity index (χ2n) is 9.25. The van der Waals surface area contributed by atoms with Crippen molar-refractivity contribution in [2.75, 3.05) is 6.54 Å². The van der Waals surface area contributed by atoms with Gasteiger partial charge in [-0.25, -0.2) is 0 Å². The van der Waals surface area contributed by atoms with Crippen molar-refractivity contribution in [3.63, 3.8) is 0 Å². The van der Waals surface area contributed by atoms with Gasteiger partial charge in [-0.15, -0.1) is 0 Å². The van der Waals surface area contributed by atoms with Gasteiger partial charge in [0, 0.05) is 6.54 Å². The molecule has 0 aromatic heterocycles. The molecule has 1 aromatic carbocycles. The molecule has 2 aliphatic rings. The fourth-order valence-corrected chi connectivity index (χ4v) is 5.47. The quantitative estimate of drug-likeness (QED) is 0.521. The van der Waals surface area contributed by atoms with E-state index in [0.717, 1.165) is 0 Å². The number of benzene rings is 1. The first kappa shape index (κ1) is 23.9. The first-order chi connectivity index (χ1) is 14.2. The molecule has 0 bridgehead atoms. The van der Waals surface area contributed by atoms with Crippen molar-refractivity contribution in [2.45, 2.75) is 65.2 Å². The molecule has 0 unspecified atom stereocenters. The van der Waals surface area contributed by atoms with Gasteiger partial charge in [0.05, 0.1) is 16.3 Å². The standard InChI is InChI=1S/C21H26ClF3N3O2Si/c1-12-15(8-7-13(11-26)16(12)22)27-18-28-10-9-14(19(2,3)4)17(28)20(29-18,21(23,24)25)30-31(5)6/h7-8,14,17H,9-10H2,1-6H3/t14-,17-,20+/m0/s1. The summed E-state index contributed by atoms with van der Waals surface area (Å²) in [6.07, 6.45) is -4.18. The Bertz CT molecular complexity index is 940. The summed E-state index contributed by atoms with van der Waals surface area (Å²) in [5.41, 5.74) is 0.745. The van der Waals surface area contributed by atoms with Crippen LogP contribution in [0.3, 0.4) is 0 Å². The molecule has 10 heteroatoms. The summed E-state index contributed by atoms with van der Waals surface area (Å²) in [6.45, 7) is 11.2. The van der Waals surface area contributed by atoms with E-state index in [1.807, 2.05) is 26.8 Å². The summed E-state index contributed by atoms with van der Waals surface area (Å²) in [5.74, 6) is -3.09. The zero-order valence-corrected chi connectivity index (χ0v) is 20.1. The molecule has 0 saturated carbocycles. The van der Waals surface area contributed by atoms with E-state index in [-0.39, 0.29) is 27.9 Å². The number of nitrogens with zero attached hydrogens (tertiary/aromatic N) is 3. The lowest BCUT2D eigenvalue weighted by Gasteiger charge is -2.41. The van der Waals surface area contributed by atoms with Crippen molar-refractivity contribution in [3.05, 3.63) is 28.3 Å². The average molecular weight is 473 g/mol. The van der Waals surface area contributed by atoms with Gasteiger partial charge in [0.2, 0.25) is 9.04 Å². The first-order valence-corrected chi connectivity index (χ1v) is 12.8. The summed E-state index contributed by atoms with van der Waals surface area (Å²) in [6, 6.07) is 3.88. The van der Waals surface area contributed by atoms with Crippen LogP contribution in [0.15, 0.2) is 17.1 Å². The molecule has 0 aliphatic carbocycles. The molecular weight excluding hydrogens is 447 g/mol. The normalized spacial score (nSPS) is 27.5. The van der Waals surface area contributed by atoms with E-state index in [4.69, 9.17) is 26.0 Å². The minimum absolute atomic E-state index is 0.124. The van der Waals surface area contributed by atoms with Crippen molar-refractivity contribution in [1.82, 2.24) is 4.90 Å². The minimum atomic E-state index is -4.75. The van der Waals surface area contributed by atoms with Gasteiger partial charge in [-0.2, -0.15) is 23.4 Å². The Morgan fingerprint density at radius 3 is 2.48 bits per heavy atom. The monoisotopic (exact) mass is 472 g/mol. The van der Waals surface area contributed by atoms with E-state index in [0.29, 0.717) is 24.2 Å². The summed E-state index contributed by atoms with van der Waals surface area (Å²) < 4.78 is 54.9. The van der Waals surface area contributed by atoms with Crippen LogP contribution in [-0.2, 0) is 9.16 Å². The van der Waals surface area contributed by atoms with Crippen LogP contribution in [-0.4, -0.2) is 44.5 Å². The topological polar surface area (TPSA) is 57.9 Å². The predicted molar refractivity (Wildman–Crippen MR) is 114 cm³/mol. The molecule has 31 heavy (non-hydrogen) atoms. The molecule has 1 radical (unpaired) electrons. The number of hydrogen-bond donors (Lipinski definition) is 0. The van der Waals surface area contributed by atoms with Gasteiger partial charge in [0.25, 0.3) is 6.02 Å². The highest BCUT2D eigenvalue weighted by Gasteiger charge is 2.74. The van der Waals surface area contributed by atoms with Crippen LogP contribution in [0, 0.1) is 29.6 Å². The number of halogens is 4.